The van der Waals surface area contributed by atoms with Crippen LogP contribution in [0.25, 0.3) is 5.65 Å². The number of anilines is 1. The van der Waals surface area contributed by atoms with E-state index < -0.39 is 0 Å². The molecule has 0 aliphatic carbocycles. The fourth-order valence-corrected chi connectivity index (χ4v) is 2.16. The summed E-state index contributed by atoms with van der Waals surface area (Å²) in [6, 6.07) is 11.8. The van der Waals surface area contributed by atoms with Crippen LogP contribution in [0.3, 0.4) is 0 Å². The predicted octanol–water partition coefficient (Wildman–Crippen LogP) is 2.27. The standard InChI is InChI=1S/C16H18N6/c1-11-6-7-13(9-12(11)2)19-16(17)18-10-15-21-20-14-5-3-4-8-22(14)15/h3-9H,10H2,1-2H3,(H3,17,18,19). The Labute approximate surface area is 128 Å². The summed E-state index contributed by atoms with van der Waals surface area (Å²) < 4.78 is 1.90. The van der Waals surface area contributed by atoms with Gasteiger partial charge in [-0.3, -0.25) is 4.40 Å². The van der Waals surface area contributed by atoms with Gasteiger partial charge in [0.25, 0.3) is 0 Å². The van der Waals surface area contributed by atoms with Crippen LogP contribution < -0.4 is 11.1 Å². The van der Waals surface area contributed by atoms with Crippen LogP contribution in [0.15, 0.2) is 47.6 Å². The van der Waals surface area contributed by atoms with Crippen LogP contribution in [0, 0.1) is 13.8 Å². The lowest BCUT2D eigenvalue weighted by atomic mass is 10.1. The van der Waals surface area contributed by atoms with Crippen molar-refractivity contribution in [1.29, 1.82) is 0 Å². The fraction of sp³-hybridized carbons (Fsp3) is 0.188. The molecule has 0 saturated carbocycles. The lowest BCUT2D eigenvalue weighted by Crippen LogP contribution is -2.22. The number of aliphatic imine (C=N–C) groups is 1. The third-order valence-electron chi connectivity index (χ3n) is 3.55. The van der Waals surface area contributed by atoms with E-state index in [9.17, 15) is 0 Å². The number of aryl methyl sites for hydroxylation is 2. The highest BCUT2D eigenvalue weighted by molar-refractivity contribution is 5.92. The lowest BCUT2D eigenvalue weighted by molar-refractivity contribution is 0.881. The predicted molar refractivity (Wildman–Crippen MR) is 87.9 cm³/mol. The van der Waals surface area contributed by atoms with E-state index in [1.54, 1.807) is 0 Å². The number of benzene rings is 1. The quantitative estimate of drug-likeness (QED) is 0.573. The van der Waals surface area contributed by atoms with Gasteiger partial charge in [0.1, 0.15) is 6.54 Å². The molecule has 0 radical (unpaired) electrons. The van der Waals surface area contributed by atoms with Crippen LogP contribution in [-0.2, 0) is 6.54 Å². The molecular weight excluding hydrogens is 276 g/mol. The third kappa shape index (κ3) is 2.90. The van der Waals surface area contributed by atoms with E-state index in [1.165, 1.54) is 11.1 Å². The van der Waals surface area contributed by atoms with Crippen molar-refractivity contribution in [1.82, 2.24) is 14.6 Å². The molecule has 0 amide bonds. The molecule has 112 valence electrons. The molecule has 0 aliphatic rings. The Hall–Kier alpha value is -2.89. The number of hydrogen-bond acceptors (Lipinski definition) is 3. The zero-order chi connectivity index (χ0) is 15.5. The minimum atomic E-state index is 0.357. The van der Waals surface area contributed by atoms with E-state index in [1.807, 2.05) is 40.9 Å². The zero-order valence-electron chi connectivity index (χ0n) is 12.6. The topological polar surface area (TPSA) is 80.6 Å². The Morgan fingerprint density at radius 1 is 1.18 bits per heavy atom. The Balaban J connectivity index is 1.73. The maximum Gasteiger partial charge on any atom is 0.193 e. The van der Waals surface area contributed by atoms with Gasteiger partial charge in [-0.1, -0.05) is 12.1 Å². The molecule has 22 heavy (non-hydrogen) atoms. The van der Waals surface area contributed by atoms with Gasteiger partial charge in [0.15, 0.2) is 17.4 Å². The second-order valence-corrected chi connectivity index (χ2v) is 5.17. The maximum absolute atomic E-state index is 5.94. The molecule has 3 aromatic rings. The summed E-state index contributed by atoms with van der Waals surface area (Å²) in [4.78, 5) is 4.32. The van der Waals surface area contributed by atoms with Gasteiger partial charge in [0.05, 0.1) is 0 Å². The van der Waals surface area contributed by atoms with Crippen molar-refractivity contribution in [2.75, 3.05) is 5.32 Å². The number of guanidine groups is 1. The van der Waals surface area contributed by atoms with Gasteiger partial charge in [0, 0.05) is 11.9 Å². The number of rotatable bonds is 3. The number of hydrogen-bond donors (Lipinski definition) is 2. The molecule has 0 aliphatic heterocycles. The number of nitrogens with one attached hydrogen (secondary N) is 1. The van der Waals surface area contributed by atoms with Crippen molar-refractivity contribution in [3.63, 3.8) is 0 Å². The smallest absolute Gasteiger partial charge is 0.193 e. The van der Waals surface area contributed by atoms with E-state index >= 15 is 0 Å². The number of nitrogens with two attached hydrogens (primary N) is 1. The van der Waals surface area contributed by atoms with Gasteiger partial charge in [-0.25, -0.2) is 4.99 Å². The number of nitrogens with zero attached hydrogens (tertiary/aromatic N) is 4. The van der Waals surface area contributed by atoms with Gasteiger partial charge in [0.2, 0.25) is 0 Å². The molecule has 6 heteroatoms. The van der Waals surface area contributed by atoms with Crippen molar-refractivity contribution < 1.29 is 0 Å². The Morgan fingerprint density at radius 2 is 2.05 bits per heavy atom. The molecule has 6 nitrogen and oxygen atoms in total. The van der Waals surface area contributed by atoms with E-state index in [0.29, 0.717) is 12.5 Å². The van der Waals surface area contributed by atoms with Gasteiger partial charge in [-0.2, -0.15) is 0 Å². The fourth-order valence-electron chi connectivity index (χ4n) is 2.16. The first kappa shape index (κ1) is 14.1. The van der Waals surface area contributed by atoms with Gasteiger partial charge in [-0.05, 0) is 49.2 Å². The molecule has 3 N–H and O–H groups in total. The van der Waals surface area contributed by atoms with Crippen LogP contribution in [0.4, 0.5) is 5.69 Å². The molecule has 3 rings (SSSR count). The molecule has 0 spiro atoms. The summed E-state index contributed by atoms with van der Waals surface area (Å²) in [7, 11) is 0. The molecule has 0 fully saturated rings. The van der Waals surface area contributed by atoms with Crippen LogP contribution in [0.2, 0.25) is 0 Å². The van der Waals surface area contributed by atoms with Gasteiger partial charge < -0.3 is 11.1 Å². The average Bonchev–Trinajstić information content (AvgIpc) is 2.92. The summed E-state index contributed by atoms with van der Waals surface area (Å²) in [5.41, 5.74) is 10.1. The van der Waals surface area contributed by atoms with Crippen LogP contribution in [0.5, 0.6) is 0 Å². The van der Waals surface area contributed by atoms with Crippen LogP contribution in [0.1, 0.15) is 17.0 Å². The monoisotopic (exact) mass is 294 g/mol. The highest BCUT2D eigenvalue weighted by Gasteiger charge is 2.04. The number of pyridine rings is 1. The van der Waals surface area contributed by atoms with Crippen molar-refractivity contribution in [3.05, 3.63) is 59.5 Å². The highest BCUT2D eigenvalue weighted by atomic mass is 15.3. The number of fused-ring (bicyclic) bond motifs is 1. The van der Waals surface area contributed by atoms with E-state index in [4.69, 9.17) is 5.73 Å². The molecule has 2 heterocycles. The van der Waals surface area contributed by atoms with E-state index in [-0.39, 0.29) is 0 Å². The maximum atomic E-state index is 5.94. The Morgan fingerprint density at radius 3 is 2.86 bits per heavy atom. The highest BCUT2D eigenvalue weighted by Crippen LogP contribution is 2.13. The summed E-state index contributed by atoms with van der Waals surface area (Å²) >= 11 is 0. The molecule has 0 unspecified atom stereocenters. The lowest BCUT2D eigenvalue weighted by Gasteiger charge is -2.07. The average molecular weight is 294 g/mol. The largest absolute Gasteiger partial charge is 0.370 e. The molecule has 2 aromatic heterocycles. The SMILES string of the molecule is Cc1ccc(NC(N)=NCc2nnc3ccccn23)cc1C. The van der Waals surface area contributed by atoms with Crippen molar-refractivity contribution in [2.24, 2.45) is 10.7 Å². The minimum absolute atomic E-state index is 0.357. The van der Waals surface area contributed by atoms with Crippen molar-refractivity contribution in [3.8, 4) is 0 Å². The van der Waals surface area contributed by atoms with Crippen molar-refractivity contribution in [2.45, 2.75) is 20.4 Å². The molecule has 0 saturated heterocycles. The third-order valence-corrected chi connectivity index (χ3v) is 3.55. The first-order valence-electron chi connectivity index (χ1n) is 7.06. The van der Waals surface area contributed by atoms with Crippen LogP contribution >= 0.6 is 0 Å². The summed E-state index contributed by atoms with van der Waals surface area (Å²) in [6.45, 7) is 4.51. The summed E-state index contributed by atoms with van der Waals surface area (Å²) in [5.74, 6) is 1.11. The first-order chi connectivity index (χ1) is 10.6. The van der Waals surface area contributed by atoms with E-state index in [0.717, 1.165) is 17.2 Å². The van der Waals surface area contributed by atoms with Crippen molar-refractivity contribution >= 4 is 17.3 Å². The Kier molecular flexibility index (Phi) is 3.74. The molecule has 1 aromatic carbocycles. The molecule has 0 bridgehead atoms. The Bertz CT molecular complexity index is 834. The molecular formula is C16H18N6. The van der Waals surface area contributed by atoms with Gasteiger partial charge in [-0.15, -0.1) is 10.2 Å². The zero-order valence-corrected chi connectivity index (χ0v) is 12.6. The molecule has 0 atom stereocenters. The summed E-state index contributed by atoms with van der Waals surface area (Å²) in [5, 5.41) is 11.3. The first-order valence-corrected chi connectivity index (χ1v) is 7.06. The second kappa shape index (κ2) is 5.85. The van der Waals surface area contributed by atoms with Crippen LogP contribution in [-0.4, -0.2) is 20.6 Å². The normalized spacial score (nSPS) is 11.8. The van der Waals surface area contributed by atoms with Gasteiger partial charge >= 0.3 is 0 Å². The number of aromatic nitrogens is 3. The second-order valence-electron chi connectivity index (χ2n) is 5.17. The minimum Gasteiger partial charge on any atom is -0.370 e. The van der Waals surface area contributed by atoms with E-state index in [2.05, 4.69) is 40.4 Å². The summed E-state index contributed by atoms with van der Waals surface area (Å²) in [6.07, 6.45) is 1.91.